The molecule has 3 N–H and O–H groups in total. The van der Waals surface area contributed by atoms with Crippen LogP contribution in [0.3, 0.4) is 0 Å². The number of carbonyl (C=O) groups is 1. The molecule has 1 aliphatic carbocycles. The van der Waals surface area contributed by atoms with Gasteiger partial charge in [-0.3, -0.25) is 4.79 Å². The van der Waals surface area contributed by atoms with E-state index < -0.39 is 0 Å². The van der Waals surface area contributed by atoms with Crippen molar-refractivity contribution >= 4 is 11.6 Å². The van der Waals surface area contributed by atoms with E-state index in [1.54, 1.807) is 6.07 Å². The Morgan fingerprint density at radius 3 is 2.37 bits per heavy atom. The number of anilines is 1. The number of aryl methyl sites for hydroxylation is 1. The van der Waals surface area contributed by atoms with Crippen molar-refractivity contribution in [2.75, 3.05) is 12.3 Å². The van der Waals surface area contributed by atoms with E-state index in [0.717, 1.165) is 12.1 Å². The highest BCUT2D eigenvalue weighted by Gasteiger charge is 2.64. The Morgan fingerprint density at radius 1 is 1.26 bits per heavy atom. The molecule has 0 aromatic heterocycles. The molecule has 0 spiro atoms. The lowest BCUT2D eigenvalue weighted by atomic mass is 10.0. The fraction of sp³-hybridized carbons (Fsp3) is 0.562. The summed E-state index contributed by atoms with van der Waals surface area (Å²) >= 11 is 0. The lowest BCUT2D eigenvalue weighted by molar-refractivity contribution is 0.0949. The van der Waals surface area contributed by atoms with Gasteiger partial charge in [-0.2, -0.15) is 0 Å². The minimum Gasteiger partial charge on any atom is -0.399 e. The summed E-state index contributed by atoms with van der Waals surface area (Å²) in [5.41, 5.74) is 8.60. The molecule has 0 radical (unpaired) electrons. The van der Waals surface area contributed by atoms with Gasteiger partial charge in [0.2, 0.25) is 0 Å². The van der Waals surface area contributed by atoms with Crippen LogP contribution in [0.25, 0.3) is 0 Å². The van der Waals surface area contributed by atoms with Gasteiger partial charge in [-0.15, -0.1) is 0 Å². The number of nitrogen functional groups attached to an aromatic ring is 1. The molecule has 1 fully saturated rings. The Kier molecular flexibility index (Phi) is 3.12. The normalized spacial score (nSPS) is 20.1. The van der Waals surface area contributed by atoms with Crippen LogP contribution < -0.4 is 11.1 Å². The topological polar surface area (TPSA) is 55.1 Å². The van der Waals surface area contributed by atoms with Crippen LogP contribution >= 0.6 is 0 Å². The maximum absolute atomic E-state index is 12.2. The largest absolute Gasteiger partial charge is 0.399 e. The lowest BCUT2D eigenvalue weighted by Crippen LogP contribution is -2.27. The van der Waals surface area contributed by atoms with Crippen molar-refractivity contribution in [2.24, 2.45) is 16.7 Å². The second-order valence-electron chi connectivity index (χ2n) is 6.78. The van der Waals surface area contributed by atoms with Gasteiger partial charge in [0.15, 0.2) is 0 Å². The number of hydrogen-bond acceptors (Lipinski definition) is 2. The third kappa shape index (κ3) is 2.22. The molecule has 1 saturated carbocycles. The molecule has 1 aliphatic rings. The number of hydrogen-bond donors (Lipinski definition) is 2. The summed E-state index contributed by atoms with van der Waals surface area (Å²) in [5, 5.41) is 3.05. The zero-order valence-corrected chi connectivity index (χ0v) is 12.5. The maximum atomic E-state index is 12.2. The number of nitrogens with one attached hydrogen (secondary N) is 1. The molecule has 0 atom stereocenters. The van der Waals surface area contributed by atoms with Crippen molar-refractivity contribution in [3.8, 4) is 0 Å². The van der Waals surface area contributed by atoms with Gasteiger partial charge in [0.1, 0.15) is 0 Å². The molecule has 19 heavy (non-hydrogen) atoms. The number of amides is 1. The quantitative estimate of drug-likeness (QED) is 0.821. The molecule has 3 heteroatoms. The van der Waals surface area contributed by atoms with Crippen LogP contribution in [0.5, 0.6) is 0 Å². The SMILES string of the molecule is Cc1ccc(N)cc1C(=O)NCC1C(C)(C)C1(C)C. The fourth-order valence-corrected chi connectivity index (χ4v) is 3.02. The third-order valence-electron chi connectivity index (χ3n) is 5.29. The van der Waals surface area contributed by atoms with Gasteiger partial charge in [-0.25, -0.2) is 0 Å². The molecule has 0 bridgehead atoms. The average molecular weight is 260 g/mol. The summed E-state index contributed by atoms with van der Waals surface area (Å²) in [4.78, 5) is 12.2. The monoisotopic (exact) mass is 260 g/mol. The van der Waals surface area contributed by atoms with E-state index in [9.17, 15) is 4.79 Å². The standard InChI is InChI=1S/C16H24N2O/c1-10-6-7-11(17)8-12(10)14(19)18-9-13-15(2,3)16(13,4)5/h6-8,13H,9,17H2,1-5H3,(H,18,19). The van der Waals surface area contributed by atoms with Crippen LogP contribution in [0.2, 0.25) is 0 Å². The van der Waals surface area contributed by atoms with Gasteiger partial charge in [-0.1, -0.05) is 33.8 Å². The molecule has 104 valence electrons. The van der Waals surface area contributed by atoms with Crippen molar-refractivity contribution in [1.82, 2.24) is 5.32 Å². The zero-order valence-electron chi connectivity index (χ0n) is 12.5. The highest BCUT2D eigenvalue weighted by atomic mass is 16.1. The molecule has 0 unspecified atom stereocenters. The van der Waals surface area contributed by atoms with E-state index in [4.69, 9.17) is 5.73 Å². The van der Waals surface area contributed by atoms with E-state index in [1.165, 1.54) is 0 Å². The Bertz CT molecular complexity index is 503. The maximum Gasteiger partial charge on any atom is 0.251 e. The first-order valence-electron chi connectivity index (χ1n) is 6.82. The first kappa shape index (κ1) is 13.9. The second kappa shape index (κ2) is 4.26. The summed E-state index contributed by atoms with van der Waals surface area (Å²) in [6, 6.07) is 5.45. The molecule has 0 heterocycles. The molecular formula is C16H24N2O. The number of nitrogens with two attached hydrogens (primary N) is 1. The number of rotatable bonds is 3. The van der Waals surface area contributed by atoms with Crippen LogP contribution in [0.15, 0.2) is 18.2 Å². The predicted molar refractivity (Wildman–Crippen MR) is 79.0 cm³/mol. The Balaban J connectivity index is 2.02. The lowest BCUT2D eigenvalue weighted by Gasteiger charge is -2.09. The summed E-state index contributed by atoms with van der Waals surface area (Å²) in [5.74, 6) is 0.508. The fourth-order valence-electron chi connectivity index (χ4n) is 3.02. The van der Waals surface area contributed by atoms with Crippen molar-refractivity contribution in [3.63, 3.8) is 0 Å². The Labute approximate surface area is 115 Å². The smallest absolute Gasteiger partial charge is 0.251 e. The molecule has 2 rings (SSSR count). The van der Waals surface area contributed by atoms with Crippen LogP contribution in [-0.2, 0) is 0 Å². The van der Waals surface area contributed by atoms with Gasteiger partial charge >= 0.3 is 0 Å². The van der Waals surface area contributed by atoms with Crippen molar-refractivity contribution in [2.45, 2.75) is 34.6 Å². The number of carbonyl (C=O) groups excluding carboxylic acids is 1. The summed E-state index contributed by atoms with van der Waals surface area (Å²) in [6.45, 7) is 11.7. The Morgan fingerprint density at radius 2 is 1.84 bits per heavy atom. The van der Waals surface area contributed by atoms with Crippen LogP contribution in [-0.4, -0.2) is 12.5 Å². The highest BCUT2D eigenvalue weighted by Crippen LogP contribution is 2.67. The molecule has 1 aromatic carbocycles. The molecule has 1 amide bonds. The van der Waals surface area contributed by atoms with Gasteiger partial charge in [0.05, 0.1) is 0 Å². The van der Waals surface area contributed by atoms with E-state index in [0.29, 0.717) is 28.0 Å². The van der Waals surface area contributed by atoms with Gasteiger partial charge < -0.3 is 11.1 Å². The first-order valence-corrected chi connectivity index (χ1v) is 6.82. The van der Waals surface area contributed by atoms with E-state index in [2.05, 4.69) is 33.0 Å². The predicted octanol–water partition coefficient (Wildman–Crippen LogP) is 2.99. The van der Waals surface area contributed by atoms with Gasteiger partial charge in [0.25, 0.3) is 5.91 Å². The summed E-state index contributed by atoms with van der Waals surface area (Å²) < 4.78 is 0. The van der Waals surface area contributed by atoms with Gasteiger partial charge in [-0.05, 0) is 41.4 Å². The third-order valence-corrected chi connectivity index (χ3v) is 5.29. The van der Waals surface area contributed by atoms with Crippen LogP contribution in [0.1, 0.15) is 43.6 Å². The molecule has 3 nitrogen and oxygen atoms in total. The highest BCUT2D eigenvalue weighted by molar-refractivity contribution is 5.96. The number of benzene rings is 1. The second-order valence-corrected chi connectivity index (χ2v) is 6.78. The van der Waals surface area contributed by atoms with Crippen LogP contribution in [0, 0.1) is 23.7 Å². The summed E-state index contributed by atoms with van der Waals surface area (Å²) in [7, 11) is 0. The minimum atomic E-state index is -0.0247. The molecular weight excluding hydrogens is 236 g/mol. The zero-order chi connectivity index (χ0) is 14.4. The van der Waals surface area contributed by atoms with Crippen molar-refractivity contribution < 1.29 is 4.79 Å². The van der Waals surface area contributed by atoms with Crippen molar-refractivity contribution in [3.05, 3.63) is 29.3 Å². The van der Waals surface area contributed by atoms with E-state index in [-0.39, 0.29) is 5.91 Å². The van der Waals surface area contributed by atoms with Crippen LogP contribution in [0.4, 0.5) is 5.69 Å². The first-order chi connectivity index (χ1) is 8.68. The Hall–Kier alpha value is -1.51. The molecule has 1 aromatic rings. The van der Waals surface area contributed by atoms with E-state index >= 15 is 0 Å². The van der Waals surface area contributed by atoms with E-state index in [1.807, 2.05) is 19.1 Å². The average Bonchev–Trinajstić information content (AvgIpc) is 2.70. The molecule has 0 aliphatic heterocycles. The van der Waals surface area contributed by atoms with Gasteiger partial charge in [0, 0.05) is 17.8 Å². The van der Waals surface area contributed by atoms with Crippen molar-refractivity contribution in [1.29, 1.82) is 0 Å². The summed E-state index contributed by atoms with van der Waals surface area (Å²) in [6.07, 6.45) is 0. The molecule has 0 saturated heterocycles. The minimum absolute atomic E-state index is 0.0247.